The molecule has 58 valence electrons. The lowest BCUT2D eigenvalue weighted by Crippen LogP contribution is -2.11. The third-order valence-electron chi connectivity index (χ3n) is 0.167. The zero-order valence-electron chi connectivity index (χ0n) is 5.63. The van der Waals surface area contributed by atoms with Gasteiger partial charge in [0, 0.05) is 20.0 Å². The first-order valence-corrected chi connectivity index (χ1v) is 2.24. The number of rotatable bonds is 1. The molecule has 0 heterocycles. The van der Waals surface area contributed by atoms with Crippen molar-refractivity contribution in [2.75, 3.05) is 13.1 Å². The zero-order valence-corrected chi connectivity index (χ0v) is 5.63. The van der Waals surface area contributed by atoms with E-state index in [1.807, 2.05) is 0 Å². The van der Waals surface area contributed by atoms with Gasteiger partial charge in [0.2, 0.25) is 0 Å². The molecule has 0 fully saturated rings. The summed E-state index contributed by atoms with van der Waals surface area (Å²) in [6.07, 6.45) is 0. The average Bonchev–Trinajstić information content (AvgIpc) is 1.65. The second-order valence-electron chi connectivity index (χ2n) is 1.10. The van der Waals surface area contributed by atoms with Crippen LogP contribution in [0.15, 0.2) is 0 Å². The highest BCUT2D eigenvalue weighted by atomic mass is 16.4. The largest absolute Gasteiger partial charge is 0.481 e. The second-order valence-corrected chi connectivity index (χ2v) is 1.10. The maximum atomic E-state index is 9.00. The summed E-state index contributed by atoms with van der Waals surface area (Å²) in [6, 6.07) is 0. The Labute approximate surface area is 54.6 Å². The molecule has 0 unspecified atom stereocenters. The van der Waals surface area contributed by atoms with Gasteiger partial charge in [-0.1, -0.05) is 0 Å². The van der Waals surface area contributed by atoms with Gasteiger partial charge in [-0.15, -0.1) is 0 Å². The molecule has 0 atom stereocenters. The van der Waals surface area contributed by atoms with E-state index >= 15 is 0 Å². The minimum absolute atomic E-state index is 0. The molecule has 0 radical (unpaired) electrons. The summed E-state index contributed by atoms with van der Waals surface area (Å²) >= 11 is 0. The summed E-state index contributed by atoms with van der Waals surface area (Å²) in [4.78, 5) is 9.00. The van der Waals surface area contributed by atoms with Gasteiger partial charge in [0.15, 0.2) is 0 Å². The van der Waals surface area contributed by atoms with E-state index in [1.54, 1.807) is 0 Å². The van der Waals surface area contributed by atoms with Gasteiger partial charge in [-0.25, -0.2) is 0 Å². The molecular formula is C4H15N3O2. The summed E-state index contributed by atoms with van der Waals surface area (Å²) in [5, 5.41) is 7.42. The van der Waals surface area contributed by atoms with Crippen LogP contribution in [0.25, 0.3) is 0 Å². The third-order valence-corrected chi connectivity index (χ3v) is 0.167. The minimum atomic E-state index is -0.833. The van der Waals surface area contributed by atoms with E-state index in [0.717, 1.165) is 6.92 Å². The van der Waals surface area contributed by atoms with Crippen LogP contribution in [0.1, 0.15) is 6.92 Å². The predicted octanol–water partition coefficient (Wildman–Crippen LogP) is -0.843. The van der Waals surface area contributed by atoms with Crippen molar-refractivity contribution >= 4 is 5.97 Å². The molecule has 0 bridgehead atoms. The normalized spacial score (nSPS) is 6.11. The molecule has 0 aromatic rings. The van der Waals surface area contributed by atoms with Crippen LogP contribution in [0.3, 0.4) is 0 Å². The highest BCUT2D eigenvalue weighted by molar-refractivity contribution is 5.62. The minimum Gasteiger partial charge on any atom is -0.481 e. The van der Waals surface area contributed by atoms with E-state index in [-0.39, 0.29) is 6.15 Å². The summed E-state index contributed by atoms with van der Waals surface area (Å²) in [5.41, 5.74) is 9.81. The number of carboxylic acids is 1. The van der Waals surface area contributed by atoms with Gasteiger partial charge in [0.25, 0.3) is 5.97 Å². The first-order valence-electron chi connectivity index (χ1n) is 2.24. The Hall–Kier alpha value is -0.650. The molecular weight excluding hydrogens is 122 g/mol. The Morgan fingerprint density at radius 3 is 1.56 bits per heavy atom. The fraction of sp³-hybridized carbons (Fsp3) is 0.750. The fourth-order valence-corrected chi connectivity index (χ4v) is 0. The zero-order chi connectivity index (χ0) is 6.99. The summed E-state index contributed by atoms with van der Waals surface area (Å²) in [7, 11) is 0. The van der Waals surface area contributed by atoms with Crippen molar-refractivity contribution in [3.63, 3.8) is 0 Å². The Morgan fingerprint density at radius 2 is 1.56 bits per heavy atom. The van der Waals surface area contributed by atoms with Crippen LogP contribution in [0.5, 0.6) is 0 Å². The van der Waals surface area contributed by atoms with Gasteiger partial charge >= 0.3 is 0 Å². The van der Waals surface area contributed by atoms with Crippen molar-refractivity contribution in [2.24, 2.45) is 11.5 Å². The number of aliphatic carboxylic acids is 1. The van der Waals surface area contributed by atoms with Gasteiger partial charge in [-0.2, -0.15) is 0 Å². The quantitative estimate of drug-likeness (QED) is 0.375. The SMILES string of the molecule is CC(=O)O.N.NCCN. The van der Waals surface area contributed by atoms with Crippen LogP contribution in [0.2, 0.25) is 0 Å². The van der Waals surface area contributed by atoms with E-state index in [9.17, 15) is 0 Å². The Morgan fingerprint density at radius 1 is 1.44 bits per heavy atom. The number of hydrogen-bond acceptors (Lipinski definition) is 4. The summed E-state index contributed by atoms with van der Waals surface area (Å²) in [5.74, 6) is -0.833. The highest BCUT2D eigenvalue weighted by Crippen LogP contribution is 1.42. The molecule has 8 N–H and O–H groups in total. The molecule has 0 saturated heterocycles. The van der Waals surface area contributed by atoms with Gasteiger partial charge in [0.1, 0.15) is 0 Å². The van der Waals surface area contributed by atoms with E-state index in [4.69, 9.17) is 21.4 Å². The number of nitrogens with two attached hydrogens (primary N) is 2. The molecule has 0 aliphatic heterocycles. The lowest BCUT2D eigenvalue weighted by atomic mass is 10.7. The topological polar surface area (TPSA) is 124 Å². The van der Waals surface area contributed by atoms with Gasteiger partial charge in [-0.05, 0) is 0 Å². The number of carbonyl (C=O) groups is 1. The Balaban J connectivity index is -0.0000000720. The Kier molecular flexibility index (Phi) is 27.4. The van der Waals surface area contributed by atoms with E-state index in [2.05, 4.69) is 0 Å². The fourth-order valence-electron chi connectivity index (χ4n) is 0. The molecule has 0 rings (SSSR count). The molecule has 5 nitrogen and oxygen atoms in total. The molecule has 0 aliphatic carbocycles. The molecule has 9 heavy (non-hydrogen) atoms. The molecule has 0 aliphatic rings. The molecule has 0 spiro atoms. The standard InChI is InChI=1S/C2H8N2.C2H4O2.H3N/c3-1-2-4;1-2(3)4;/h1-4H2;1H3,(H,3,4);1H3. The number of carboxylic acid groups (broad SMARTS) is 1. The first-order chi connectivity index (χ1) is 3.65. The monoisotopic (exact) mass is 137 g/mol. The van der Waals surface area contributed by atoms with Crippen molar-refractivity contribution in [3.8, 4) is 0 Å². The van der Waals surface area contributed by atoms with Crippen LogP contribution in [-0.4, -0.2) is 24.2 Å². The maximum absolute atomic E-state index is 9.00. The van der Waals surface area contributed by atoms with Crippen molar-refractivity contribution in [1.82, 2.24) is 6.15 Å². The predicted molar refractivity (Wildman–Crippen MR) is 36.4 cm³/mol. The van der Waals surface area contributed by atoms with Crippen LogP contribution >= 0.6 is 0 Å². The lowest BCUT2D eigenvalue weighted by Gasteiger charge is -1.72. The van der Waals surface area contributed by atoms with Gasteiger partial charge in [0.05, 0.1) is 0 Å². The average molecular weight is 137 g/mol. The third kappa shape index (κ3) is 1720. The second kappa shape index (κ2) is 15.7. The van der Waals surface area contributed by atoms with Crippen molar-refractivity contribution in [1.29, 1.82) is 0 Å². The van der Waals surface area contributed by atoms with Crippen molar-refractivity contribution < 1.29 is 9.90 Å². The molecule has 0 aromatic carbocycles. The summed E-state index contributed by atoms with van der Waals surface area (Å²) in [6.45, 7) is 2.28. The highest BCUT2D eigenvalue weighted by Gasteiger charge is 1.65. The van der Waals surface area contributed by atoms with Crippen molar-refractivity contribution in [2.45, 2.75) is 6.92 Å². The van der Waals surface area contributed by atoms with Crippen molar-refractivity contribution in [3.05, 3.63) is 0 Å². The van der Waals surface area contributed by atoms with Gasteiger partial charge < -0.3 is 22.7 Å². The smallest absolute Gasteiger partial charge is 0.300 e. The Bertz CT molecular complexity index is 51.8. The van der Waals surface area contributed by atoms with Crippen LogP contribution < -0.4 is 17.6 Å². The van der Waals surface area contributed by atoms with E-state index in [0.29, 0.717) is 13.1 Å². The molecule has 0 saturated carbocycles. The lowest BCUT2D eigenvalue weighted by molar-refractivity contribution is -0.134. The van der Waals surface area contributed by atoms with Crippen LogP contribution in [0.4, 0.5) is 0 Å². The van der Waals surface area contributed by atoms with E-state index < -0.39 is 5.97 Å². The first kappa shape index (κ1) is 15.8. The maximum Gasteiger partial charge on any atom is 0.300 e. The van der Waals surface area contributed by atoms with Crippen LogP contribution in [-0.2, 0) is 4.79 Å². The molecule has 0 aromatic heterocycles. The van der Waals surface area contributed by atoms with Gasteiger partial charge in [-0.3, -0.25) is 4.79 Å². The van der Waals surface area contributed by atoms with Crippen LogP contribution in [0, 0.1) is 0 Å². The summed E-state index contributed by atoms with van der Waals surface area (Å²) < 4.78 is 0. The number of hydrogen-bond donors (Lipinski definition) is 4. The molecule has 5 heteroatoms. The molecule has 0 amide bonds. The van der Waals surface area contributed by atoms with E-state index in [1.165, 1.54) is 0 Å².